The van der Waals surface area contributed by atoms with E-state index in [0.29, 0.717) is 69.1 Å². The van der Waals surface area contributed by atoms with Crippen LogP contribution in [0.15, 0.2) is 30.4 Å². The lowest BCUT2D eigenvalue weighted by Gasteiger charge is -2.22. The Labute approximate surface area is 428 Å². The third kappa shape index (κ3) is 36.7. The van der Waals surface area contributed by atoms with Gasteiger partial charge in [0.2, 0.25) is 5.75 Å². The number of nitrogens with zero attached hydrogens (tertiary/aromatic N) is 1. The number of rotatable bonds is 52. The van der Waals surface area contributed by atoms with Crippen molar-refractivity contribution >= 4 is 11.5 Å². The maximum atomic E-state index is 11.6. The van der Waals surface area contributed by atoms with Gasteiger partial charge in [0.1, 0.15) is 0 Å². The zero-order valence-electron chi connectivity index (χ0n) is 45.5. The summed E-state index contributed by atoms with van der Waals surface area (Å²) in [7, 11) is 0. The van der Waals surface area contributed by atoms with E-state index in [1.807, 2.05) is 12.1 Å². The number of hydrogen-bond donors (Lipinski definition) is 1. The second kappa shape index (κ2) is 46.9. The highest BCUT2D eigenvalue weighted by molar-refractivity contribution is 5.87. The highest BCUT2D eigenvalue weighted by atomic mass is 16.6. The van der Waals surface area contributed by atoms with Gasteiger partial charge in [-0.2, -0.15) is 5.26 Å². The van der Waals surface area contributed by atoms with E-state index >= 15 is 0 Å². The molecule has 0 bridgehead atoms. The molecule has 1 aromatic carbocycles. The Kier molecular flexibility index (Phi) is 43.5. The Hall–Kier alpha value is -3.14. The number of aliphatic hydroxyl groups is 1. The van der Waals surface area contributed by atoms with Gasteiger partial charge in [0.05, 0.1) is 89.9 Å². The monoisotopic (exact) mass is 986 g/mol. The zero-order valence-corrected chi connectivity index (χ0v) is 45.5. The quantitative estimate of drug-likeness (QED) is 0.0220. The molecular formula is C59H103NO10. The minimum absolute atomic E-state index is 0.0832. The molecule has 0 aromatic heterocycles. The van der Waals surface area contributed by atoms with Crippen LogP contribution in [0.2, 0.25) is 0 Å². The van der Waals surface area contributed by atoms with Crippen molar-refractivity contribution in [3.8, 4) is 23.3 Å². The zero-order chi connectivity index (χ0) is 51.0. The molecule has 0 fully saturated rings. The van der Waals surface area contributed by atoms with E-state index in [1.165, 1.54) is 167 Å². The highest BCUT2D eigenvalue weighted by Gasteiger charge is 2.23. The lowest BCUT2D eigenvalue weighted by molar-refractivity contribution is -0.161. The van der Waals surface area contributed by atoms with Crippen LogP contribution in [0, 0.1) is 11.3 Å². The number of carbonyl (C=O) groups excluding carboxylic acids is 1. The largest absolute Gasteiger partial charge is 0.490 e. The SMILES string of the molecule is C=C(COCCOCCOCCOC(C)(O)/C=C(\C#N)c1cc(OCCCCCCCCCCCC)c(OCCCCCCCCCCCC)c(OCCCCCCCCCCCC)c1)C(=O)OCC. The maximum Gasteiger partial charge on any atom is 0.335 e. The van der Waals surface area contributed by atoms with Gasteiger partial charge in [-0.05, 0) is 56.9 Å². The molecule has 0 saturated heterocycles. The first-order valence-electron chi connectivity index (χ1n) is 28.4. The predicted molar refractivity (Wildman–Crippen MR) is 287 cm³/mol. The molecule has 0 aliphatic carbocycles. The van der Waals surface area contributed by atoms with Gasteiger partial charge in [0.15, 0.2) is 17.3 Å². The summed E-state index contributed by atoms with van der Waals surface area (Å²) >= 11 is 0. The van der Waals surface area contributed by atoms with Crippen molar-refractivity contribution in [2.24, 2.45) is 0 Å². The average Bonchev–Trinajstić information content (AvgIpc) is 3.35. The summed E-state index contributed by atoms with van der Waals surface area (Å²) in [5, 5.41) is 21.8. The van der Waals surface area contributed by atoms with Crippen molar-refractivity contribution in [1.82, 2.24) is 0 Å². The lowest BCUT2D eigenvalue weighted by atomic mass is 10.0. The summed E-state index contributed by atoms with van der Waals surface area (Å²) in [6.07, 6.45) is 38.6. The molecule has 0 heterocycles. The number of benzene rings is 1. The summed E-state index contributed by atoms with van der Waals surface area (Å²) in [5.41, 5.74) is 1.06. The van der Waals surface area contributed by atoms with Gasteiger partial charge in [-0.25, -0.2) is 4.79 Å². The van der Waals surface area contributed by atoms with Gasteiger partial charge in [0, 0.05) is 0 Å². The molecule has 1 unspecified atom stereocenters. The van der Waals surface area contributed by atoms with Crippen molar-refractivity contribution in [3.63, 3.8) is 0 Å². The van der Waals surface area contributed by atoms with Gasteiger partial charge in [-0.3, -0.25) is 0 Å². The summed E-state index contributed by atoms with van der Waals surface area (Å²) in [6.45, 7) is 17.3. The number of allylic oxidation sites excluding steroid dienone is 1. The molecule has 1 atom stereocenters. The molecule has 70 heavy (non-hydrogen) atoms. The molecule has 0 radical (unpaired) electrons. The Morgan fingerprint density at radius 3 is 1.29 bits per heavy atom. The minimum atomic E-state index is -1.76. The molecule has 0 aliphatic heterocycles. The van der Waals surface area contributed by atoms with E-state index < -0.39 is 11.8 Å². The van der Waals surface area contributed by atoms with Crippen molar-refractivity contribution in [1.29, 1.82) is 5.26 Å². The third-order valence-corrected chi connectivity index (χ3v) is 12.3. The van der Waals surface area contributed by atoms with Crippen LogP contribution in [0.5, 0.6) is 17.2 Å². The number of ether oxygens (including phenoxy) is 8. The second-order valence-corrected chi connectivity index (χ2v) is 19.1. The molecule has 1 aromatic rings. The van der Waals surface area contributed by atoms with Gasteiger partial charge >= 0.3 is 5.97 Å². The van der Waals surface area contributed by atoms with Crippen LogP contribution in [0.25, 0.3) is 5.57 Å². The standard InChI is InChI=1S/C59H103NO10/c1-7-11-14-17-20-23-26-29-32-35-38-67-55-47-53(54(50-60)49-59(6,62)70-46-45-64-42-41-63-43-44-65-51-52(5)58(61)66-10-4)48-56(68-39-36-33-30-27-24-21-18-15-12-8-2)57(55)69-40-37-34-31-28-25-22-19-16-13-9-3/h47-49,62H,5,7-46,51H2,1-4,6H3/b54-49+. The number of hydrogen-bond acceptors (Lipinski definition) is 11. The van der Waals surface area contributed by atoms with Crippen LogP contribution >= 0.6 is 0 Å². The summed E-state index contributed by atoms with van der Waals surface area (Å²) < 4.78 is 47.0. The molecule has 11 heteroatoms. The third-order valence-electron chi connectivity index (χ3n) is 12.3. The normalized spacial score (nSPS) is 12.4. The van der Waals surface area contributed by atoms with E-state index in [1.54, 1.807) is 6.92 Å². The van der Waals surface area contributed by atoms with Crippen molar-refractivity contribution in [2.75, 3.05) is 72.7 Å². The van der Waals surface area contributed by atoms with E-state index in [2.05, 4.69) is 33.4 Å². The Morgan fingerprint density at radius 1 is 0.543 bits per heavy atom. The Bertz CT molecular complexity index is 1430. The van der Waals surface area contributed by atoms with E-state index in [0.717, 1.165) is 38.5 Å². The first-order chi connectivity index (χ1) is 34.2. The fourth-order valence-corrected chi connectivity index (χ4v) is 8.12. The number of nitriles is 1. The first kappa shape index (κ1) is 64.9. The van der Waals surface area contributed by atoms with Crippen LogP contribution in [-0.2, 0) is 28.5 Å². The molecule has 1 N–H and O–H groups in total. The second-order valence-electron chi connectivity index (χ2n) is 19.1. The summed E-state index contributed by atoms with van der Waals surface area (Å²) in [4.78, 5) is 11.6. The fraction of sp³-hybridized carbons (Fsp3) is 0.797. The summed E-state index contributed by atoms with van der Waals surface area (Å²) in [5.74, 6) is -0.509. The first-order valence-corrected chi connectivity index (χ1v) is 28.4. The molecule has 1 rings (SSSR count). The van der Waals surface area contributed by atoms with Crippen LogP contribution in [0.1, 0.15) is 233 Å². The smallest absolute Gasteiger partial charge is 0.335 e. The molecule has 11 nitrogen and oxygen atoms in total. The van der Waals surface area contributed by atoms with Gasteiger partial charge in [-0.15, -0.1) is 0 Å². The lowest BCUT2D eigenvalue weighted by Crippen LogP contribution is -2.28. The van der Waals surface area contributed by atoms with E-state index in [-0.39, 0.29) is 37.6 Å². The average molecular weight is 986 g/mol. The number of unbranched alkanes of at least 4 members (excludes halogenated alkanes) is 27. The highest BCUT2D eigenvalue weighted by Crippen LogP contribution is 2.41. The van der Waals surface area contributed by atoms with Crippen molar-refractivity contribution < 1.29 is 47.8 Å². The van der Waals surface area contributed by atoms with Crippen LogP contribution < -0.4 is 14.2 Å². The fourth-order valence-electron chi connectivity index (χ4n) is 8.12. The van der Waals surface area contributed by atoms with Crippen LogP contribution in [0.3, 0.4) is 0 Å². The van der Waals surface area contributed by atoms with Gasteiger partial charge in [-0.1, -0.05) is 201 Å². The van der Waals surface area contributed by atoms with E-state index in [4.69, 9.17) is 37.9 Å². The molecule has 404 valence electrons. The van der Waals surface area contributed by atoms with Crippen LogP contribution in [-0.4, -0.2) is 89.5 Å². The molecule has 0 amide bonds. The Morgan fingerprint density at radius 2 is 0.900 bits per heavy atom. The van der Waals surface area contributed by atoms with Crippen molar-refractivity contribution in [3.05, 3.63) is 35.9 Å². The molecule has 0 spiro atoms. The predicted octanol–water partition coefficient (Wildman–Crippen LogP) is 15.4. The minimum Gasteiger partial charge on any atom is -0.490 e. The maximum absolute atomic E-state index is 11.6. The topological polar surface area (TPSA) is 135 Å². The number of carbonyl (C=O) groups is 1. The Balaban J connectivity index is 3.04. The number of esters is 1. The van der Waals surface area contributed by atoms with Crippen LogP contribution in [0.4, 0.5) is 0 Å². The van der Waals surface area contributed by atoms with Gasteiger partial charge in [0.25, 0.3) is 0 Å². The van der Waals surface area contributed by atoms with Gasteiger partial charge < -0.3 is 43.0 Å². The van der Waals surface area contributed by atoms with Crippen molar-refractivity contribution in [2.45, 2.75) is 233 Å². The molecule has 0 saturated carbocycles. The molecule has 0 aliphatic rings. The van der Waals surface area contributed by atoms with E-state index in [9.17, 15) is 15.2 Å². The summed E-state index contributed by atoms with van der Waals surface area (Å²) in [6, 6.07) is 6.01. The molecular weight excluding hydrogens is 883 g/mol.